The lowest BCUT2D eigenvalue weighted by atomic mass is 10.2. The van der Waals surface area contributed by atoms with E-state index in [0.717, 1.165) is 36.5 Å². The van der Waals surface area contributed by atoms with E-state index >= 15 is 0 Å². The van der Waals surface area contributed by atoms with Gasteiger partial charge in [0, 0.05) is 12.3 Å². The molecule has 1 aromatic rings. The predicted molar refractivity (Wildman–Crippen MR) is 65.5 cm³/mol. The van der Waals surface area contributed by atoms with Crippen LogP contribution in [0.3, 0.4) is 0 Å². The molecule has 0 radical (unpaired) electrons. The molecule has 0 aliphatic carbocycles. The average Bonchev–Trinajstić information content (AvgIpc) is 2.29. The number of hydrogen-bond donors (Lipinski definition) is 1. The van der Waals surface area contributed by atoms with Gasteiger partial charge in [0.1, 0.15) is 0 Å². The first-order valence-corrected chi connectivity index (χ1v) is 6.66. The molecule has 5 heteroatoms. The van der Waals surface area contributed by atoms with Gasteiger partial charge in [-0.3, -0.25) is 0 Å². The molecule has 4 nitrogen and oxygen atoms in total. The summed E-state index contributed by atoms with van der Waals surface area (Å²) in [7, 11) is 0. The fraction of sp³-hybridized carbons (Fsp3) is 0.700. The van der Waals surface area contributed by atoms with Gasteiger partial charge in [-0.25, -0.2) is 4.98 Å². The van der Waals surface area contributed by atoms with Gasteiger partial charge in [0.05, 0.1) is 11.4 Å². The smallest absolute Gasteiger partial charge is 0.243 e. The minimum Gasteiger partial charge on any atom is -0.352 e. The molecule has 1 heterocycles. The topological polar surface area (TPSA) is 50.7 Å². The molecule has 0 spiro atoms. The van der Waals surface area contributed by atoms with Crippen molar-refractivity contribution in [3.63, 3.8) is 0 Å². The summed E-state index contributed by atoms with van der Waals surface area (Å²) in [5.74, 6) is 1.71. The molecule has 1 aromatic heterocycles. The molecule has 1 N–H and O–H groups in total. The highest BCUT2D eigenvalue weighted by molar-refractivity contribution is 7.98. The Morgan fingerprint density at radius 2 is 1.87 bits per heavy atom. The van der Waals surface area contributed by atoms with Crippen molar-refractivity contribution in [3.05, 3.63) is 11.4 Å². The van der Waals surface area contributed by atoms with Gasteiger partial charge in [-0.1, -0.05) is 13.8 Å². The van der Waals surface area contributed by atoms with E-state index < -0.39 is 0 Å². The average molecular weight is 226 g/mol. The van der Waals surface area contributed by atoms with E-state index in [1.807, 2.05) is 0 Å². The summed E-state index contributed by atoms with van der Waals surface area (Å²) in [4.78, 5) is 4.44. The van der Waals surface area contributed by atoms with Crippen molar-refractivity contribution in [1.82, 2.24) is 15.2 Å². The van der Waals surface area contributed by atoms with Crippen molar-refractivity contribution < 1.29 is 0 Å². The van der Waals surface area contributed by atoms with Crippen LogP contribution < -0.4 is 5.32 Å². The van der Waals surface area contributed by atoms with E-state index in [9.17, 15) is 0 Å². The predicted octanol–water partition coefficient (Wildman–Crippen LogP) is 1.77. The molecule has 0 atom stereocenters. The highest BCUT2D eigenvalue weighted by Crippen LogP contribution is 2.06. The first-order valence-electron chi connectivity index (χ1n) is 5.27. The van der Waals surface area contributed by atoms with Gasteiger partial charge in [0.2, 0.25) is 5.95 Å². The zero-order chi connectivity index (χ0) is 11.1. The van der Waals surface area contributed by atoms with Crippen LogP contribution >= 0.6 is 11.8 Å². The summed E-state index contributed by atoms with van der Waals surface area (Å²) in [5, 5.41) is 11.4. The number of rotatable bonds is 6. The Hall–Kier alpha value is -0.840. The van der Waals surface area contributed by atoms with E-state index in [1.165, 1.54) is 0 Å². The maximum Gasteiger partial charge on any atom is 0.243 e. The minimum atomic E-state index is 0.651. The van der Waals surface area contributed by atoms with E-state index in [2.05, 4.69) is 40.6 Å². The maximum atomic E-state index is 4.44. The normalized spacial score (nSPS) is 10.3. The Labute approximate surface area is 95.3 Å². The SMILES string of the molecule is CCc1nnc(NCCSC)nc1CC. The summed E-state index contributed by atoms with van der Waals surface area (Å²) >= 11 is 1.80. The van der Waals surface area contributed by atoms with Crippen LogP contribution in [0.5, 0.6) is 0 Å². The number of hydrogen-bond acceptors (Lipinski definition) is 5. The fourth-order valence-electron chi connectivity index (χ4n) is 1.28. The number of anilines is 1. The van der Waals surface area contributed by atoms with Gasteiger partial charge in [-0.2, -0.15) is 16.9 Å². The van der Waals surface area contributed by atoms with Gasteiger partial charge in [0.25, 0.3) is 0 Å². The summed E-state index contributed by atoms with van der Waals surface area (Å²) in [6.45, 7) is 5.05. The van der Waals surface area contributed by atoms with Crippen LogP contribution in [0.1, 0.15) is 25.2 Å². The quantitative estimate of drug-likeness (QED) is 0.749. The highest BCUT2D eigenvalue weighted by Gasteiger charge is 2.04. The van der Waals surface area contributed by atoms with Gasteiger partial charge >= 0.3 is 0 Å². The van der Waals surface area contributed by atoms with Crippen LogP contribution in [0.2, 0.25) is 0 Å². The van der Waals surface area contributed by atoms with Crippen molar-refractivity contribution in [2.45, 2.75) is 26.7 Å². The maximum absolute atomic E-state index is 4.44. The second kappa shape index (κ2) is 6.61. The third-order valence-electron chi connectivity index (χ3n) is 2.10. The lowest BCUT2D eigenvalue weighted by Gasteiger charge is -2.06. The van der Waals surface area contributed by atoms with Gasteiger partial charge in [-0.15, -0.1) is 5.10 Å². The van der Waals surface area contributed by atoms with Gasteiger partial charge in [-0.05, 0) is 19.1 Å². The van der Waals surface area contributed by atoms with Crippen molar-refractivity contribution in [1.29, 1.82) is 0 Å². The van der Waals surface area contributed by atoms with Crippen molar-refractivity contribution in [3.8, 4) is 0 Å². The van der Waals surface area contributed by atoms with Crippen LogP contribution in [0.25, 0.3) is 0 Å². The van der Waals surface area contributed by atoms with Crippen LogP contribution in [-0.2, 0) is 12.8 Å². The summed E-state index contributed by atoms with van der Waals surface area (Å²) in [6.07, 6.45) is 3.89. The van der Waals surface area contributed by atoms with Crippen LogP contribution in [-0.4, -0.2) is 33.7 Å². The number of aryl methyl sites for hydroxylation is 2. The number of aromatic nitrogens is 3. The third-order valence-corrected chi connectivity index (χ3v) is 2.71. The Kier molecular flexibility index (Phi) is 5.39. The first-order chi connectivity index (χ1) is 7.31. The third kappa shape index (κ3) is 3.66. The Bertz CT molecular complexity index is 303. The molecule has 84 valence electrons. The molecule has 1 rings (SSSR count). The summed E-state index contributed by atoms with van der Waals surface area (Å²) in [5.41, 5.74) is 2.06. The van der Waals surface area contributed by atoms with Gasteiger partial charge in [0.15, 0.2) is 0 Å². The Balaban J connectivity index is 2.66. The van der Waals surface area contributed by atoms with Gasteiger partial charge < -0.3 is 5.32 Å². The number of nitrogens with one attached hydrogen (secondary N) is 1. The van der Waals surface area contributed by atoms with Crippen molar-refractivity contribution in [2.24, 2.45) is 0 Å². The first kappa shape index (κ1) is 12.2. The zero-order valence-electron chi connectivity index (χ0n) is 9.58. The lowest BCUT2D eigenvalue weighted by molar-refractivity contribution is 0.822. The molecule has 0 aliphatic heterocycles. The standard InChI is InChI=1S/C10H18N4S/c1-4-8-9(5-2)13-14-10(12-8)11-6-7-15-3/h4-7H2,1-3H3,(H,11,12,14). The Morgan fingerprint density at radius 1 is 1.13 bits per heavy atom. The second-order valence-electron chi connectivity index (χ2n) is 3.16. The van der Waals surface area contributed by atoms with E-state index in [-0.39, 0.29) is 0 Å². The van der Waals surface area contributed by atoms with E-state index in [1.54, 1.807) is 11.8 Å². The van der Waals surface area contributed by atoms with Crippen molar-refractivity contribution >= 4 is 17.7 Å². The molecule has 0 saturated carbocycles. The van der Waals surface area contributed by atoms with Crippen LogP contribution in [0.4, 0.5) is 5.95 Å². The lowest BCUT2D eigenvalue weighted by Crippen LogP contribution is -2.11. The van der Waals surface area contributed by atoms with Crippen LogP contribution in [0.15, 0.2) is 0 Å². The molecule has 0 aromatic carbocycles. The van der Waals surface area contributed by atoms with E-state index in [0.29, 0.717) is 5.95 Å². The number of thioether (sulfide) groups is 1. The highest BCUT2D eigenvalue weighted by atomic mass is 32.2. The van der Waals surface area contributed by atoms with Crippen LogP contribution in [0, 0.1) is 0 Å². The van der Waals surface area contributed by atoms with Crippen molar-refractivity contribution in [2.75, 3.05) is 23.9 Å². The fourth-order valence-corrected chi connectivity index (χ4v) is 1.58. The number of nitrogens with zero attached hydrogens (tertiary/aromatic N) is 3. The molecule has 0 aliphatic rings. The second-order valence-corrected chi connectivity index (χ2v) is 4.14. The zero-order valence-corrected chi connectivity index (χ0v) is 10.4. The minimum absolute atomic E-state index is 0.651. The monoisotopic (exact) mass is 226 g/mol. The molecule has 0 bridgehead atoms. The molecule has 0 fully saturated rings. The molecule has 0 unspecified atom stereocenters. The summed E-state index contributed by atoms with van der Waals surface area (Å²) in [6, 6.07) is 0. The summed E-state index contributed by atoms with van der Waals surface area (Å²) < 4.78 is 0. The Morgan fingerprint density at radius 3 is 2.47 bits per heavy atom. The molecular formula is C10H18N4S. The molecule has 0 saturated heterocycles. The molecule has 15 heavy (non-hydrogen) atoms. The largest absolute Gasteiger partial charge is 0.352 e. The molecular weight excluding hydrogens is 208 g/mol. The van der Waals surface area contributed by atoms with E-state index in [4.69, 9.17) is 0 Å². The molecule has 0 amide bonds.